The molecule has 4 nitrogen and oxygen atoms in total. The van der Waals surface area contributed by atoms with Gasteiger partial charge < -0.3 is 10.1 Å². The quantitative estimate of drug-likeness (QED) is 0.567. The summed E-state index contributed by atoms with van der Waals surface area (Å²) in [6.45, 7) is 5.80. The summed E-state index contributed by atoms with van der Waals surface area (Å²) in [5.74, 6) is 1.41. The van der Waals surface area contributed by atoms with E-state index in [1.165, 1.54) is 19.2 Å². The molecule has 0 aliphatic carbocycles. The molecule has 1 aromatic heterocycles. The number of nitrogens with one attached hydrogen (secondary N) is 1. The number of fused-ring (bicyclic) bond motifs is 1. The monoisotopic (exact) mass is 375 g/mol. The molecule has 28 heavy (non-hydrogen) atoms. The van der Waals surface area contributed by atoms with Gasteiger partial charge in [-0.3, -0.25) is 0 Å². The molecule has 0 spiro atoms. The Hall–Kier alpha value is -3.47. The summed E-state index contributed by atoms with van der Waals surface area (Å²) in [4.78, 5) is 9.31. The molecule has 0 aliphatic rings. The first kappa shape index (κ1) is 19.3. The number of ether oxygens (including phenoxy) is 1. The fraction of sp³-hybridized carbons (Fsp3) is 0.130. The highest BCUT2D eigenvalue weighted by Gasteiger charge is 2.11. The summed E-state index contributed by atoms with van der Waals surface area (Å²) in [6, 6.07) is 10.4. The molecular formula is C23H22FN3O. The van der Waals surface area contributed by atoms with Crippen molar-refractivity contribution >= 4 is 22.3 Å². The fourth-order valence-corrected chi connectivity index (χ4v) is 2.91. The fourth-order valence-electron chi connectivity index (χ4n) is 2.91. The molecule has 3 rings (SSSR count). The third kappa shape index (κ3) is 3.93. The molecule has 1 heterocycles. The second-order valence-electron chi connectivity index (χ2n) is 6.11. The summed E-state index contributed by atoms with van der Waals surface area (Å²) >= 11 is 0. The van der Waals surface area contributed by atoms with E-state index in [2.05, 4.69) is 21.9 Å². The normalized spacial score (nSPS) is 11.8. The molecule has 0 fully saturated rings. The maximum atomic E-state index is 13.9. The van der Waals surface area contributed by atoms with Gasteiger partial charge >= 0.3 is 0 Å². The minimum Gasteiger partial charge on any atom is -0.497 e. The molecule has 0 unspecified atom stereocenters. The molecule has 5 heteroatoms. The zero-order chi connectivity index (χ0) is 20.1. The third-order valence-electron chi connectivity index (χ3n) is 4.32. The van der Waals surface area contributed by atoms with Gasteiger partial charge in [0.2, 0.25) is 0 Å². The van der Waals surface area contributed by atoms with Crippen LogP contribution in [0, 0.1) is 5.82 Å². The lowest BCUT2D eigenvalue weighted by atomic mass is 10.0. The third-order valence-corrected chi connectivity index (χ3v) is 4.32. The van der Waals surface area contributed by atoms with Gasteiger partial charge in [-0.15, -0.1) is 0 Å². The number of methoxy groups -OCH3 is 1. The van der Waals surface area contributed by atoms with Crippen molar-refractivity contribution in [1.29, 1.82) is 0 Å². The van der Waals surface area contributed by atoms with Crippen LogP contribution in [0.4, 0.5) is 10.2 Å². The predicted octanol–water partition coefficient (Wildman–Crippen LogP) is 5.63. The highest BCUT2D eigenvalue weighted by Crippen LogP contribution is 2.31. The molecule has 3 aromatic rings. The number of rotatable bonds is 6. The molecule has 142 valence electrons. The van der Waals surface area contributed by atoms with Gasteiger partial charge in [-0.25, -0.2) is 14.4 Å². The molecule has 0 radical (unpaired) electrons. The first-order chi connectivity index (χ1) is 13.6. The van der Waals surface area contributed by atoms with Crippen LogP contribution in [0.15, 0.2) is 67.3 Å². The van der Waals surface area contributed by atoms with E-state index in [9.17, 15) is 4.39 Å². The summed E-state index contributed by atoms with van der Waals surface area (Å²) in [5, 5.41) is 3.98. The molecule has 0 amide bonds. The van der Waals surface area contributed by atoms with Crippen molar-refractivity contribution in [3.63, 3.8) is 0 Å². The van der Waals surface area contributed by atoms with Crippen LogP contribution in [0.1, 0.15) is 12.7 Å². The molecule has 2 aromatic carbocycles. The molecule has 1 N–H and O–H groups in total. The Bertz CT molecular complexity index is 1090. The van der Waals surface area contributed by atoms with Crippen LogP contribution in [0.2, 0.25) is 0 Å². The zero-order valence-electron chi connectivity index (χ0n) is 16.2. The molecule has 0 saturated heterocycles. The highest BCUT2D eigenvalue weighted by molar-refractivity contribution is 5.94. The lowest BCUT2D eigenvalue weighted by Gasteiger charge is -2.11. The van der Waals surface area contributed by atoms with Crippen molar-refractivity contribution in [3.8, 4) is 16.9 Å². The average molecular weight is 375 g/mol. The van der Waals surface area contributed by atoms with Crippen LogP contribution in [0.25, 0.3) is 27.6 Å². The van der Waals surface area contributed by atoms with Crippen LogP contribution in [-0.2, 0) is 0 Å². The van der Waals surface area contributed by atoms with Crippen LogP contribution in [-0.4, -0.2) is 24.1 Å². The number of allylic oxidation sites excluding steroid dienone is 5. The van der Waals surface area contributed by atoms with E-state index in [0.717, 1.165) is 27.6 Å². The molecule has 0 atom stereocenters. The Morgan fingerprint density at radius 2 is 1.96 bits per heavy atom. The SMILES string of the molecule is C=C/C(=C\C=C/C)c1nc(NC)c2cc(-c3cc(F)cc(OC)c3)ccc2n1. The van der Waals surface area contributed by atoms with Gasteiger partial charge in [0.1, 0.15) is 17.4 Å². The molecule has 0 aliphatic heterocycles. The number of hydrogen-bond acceptors (Lipinski definition) is 4. The van der Waals surface area contributed by atoms with Crippen molar-refractivity contribution in [3.05, 3.63) is 78.9 Å². The van der Waals surface area contributed by atoms with Gasteiger partial charge in [0.15, 0.2) is 5.82 Å². The predicted molar refractivity (Wildman–Crippen MR) is 114 cm³/mol. The lowest BCUT2D eigenvalue weighted by Crippen LogP contribution is -2.01. The van der Waals surface area contributed by atoms with Crippen molar-refractivity contribution in [1.82, 2.24) is 9.97 Å². The molecular weight excluding hydrogens is 353 g/mol. The minimum atomic E-state index is -0.348. The maximum Gasteiger partial charge on any atom is 0.162 e. The number of nitrogens with zero attached hydrogens (tertiary/aromatic N) is 2. The van der Waals surface area contributed by atoms with Crippen LogP contribution >= 0.6 is 0 Å². The van der Waals surface area contributed by atoms with E-state index in [-0.39, 0.29) is 5.82 Å². The number of halogens is 1. The number of aromatic nitrogens is 2. The van der Waals surface area contributed by atoms with Gasteiger partial charge in [0.05, 0.1) is 12.6 Å². The second kappa shape index (κ2) is 8.48. The van der Waals surface area contributed by atoms with Crippen molar-refractivity contribution in [2.75, 3.05) is 19.5 Å². The van der Waals surface area contributed by atoms with Crippen molar-refractivity contribution in [2.45, 2.75) is 6.92 Å². The van der Waals surface area contributed by atoms with E-state index < -0.39 is 0 Å². The Morgan fingerprint density at radius 1 is 1.14 bits per heavy atom. The standard InChI is InChI=1S/C23H22FN3O/c1-5-7-8-15(6-2)22-26-21-10-9-16(13-20(21)23(25-3)27-22)17-11-18(24)14-19(12-17)28-4/h5-14H,2H2,1,3-4H3,(H,25,26,27)/b7-5-,15-8+. The summed E-state index contributed by atoms with van der Waals surface area (Å²) in [5.41, 5.74) is 3.20. The van der Waals surface area contributed by atoms with Crippen molar-refractivity contribution < 1.29 is 9.13 Å². The zero-order valence-corrected chi connectivity index (χ0v) is 16.2. The van der Waals surface area contributed by atoms with Gasteiger partial charge in [-0.05, 0) is 42.3 Å². The number of benzene rings is 2. The number of anilines is 1. The summed E-state index contributed by atoms with van der Waals surface area (Å²) in [6.07, 6.45) is 7.50. The second-order valence-corrected chi connectivity index (χ2v) is 6.11. The summed E-state index contributed by atoms with van der Waals surface area (Å²) < 4.78 is 19.1. The van der Waals surface area contributed by atoms with Crippen LogP contribution in [0.5, 0.6) is 5.75 Å². The van der Waals surface area contributed by atoms with Gasteiger partial charge in [0, 0.05) is 24.1 Å². The lowest BCUT2D eigenvalue weighted by molar-refractivity contribution is 0.411. The van der Waals surface area contributed by atoms with Crippen LogP contribution in [0.3, 0.4) is 0 Å². The largest absolute Gasteiger partial charge is 0.497 e. The van der Waals surface area contributed by atoms with Crippen LogP contribution < -0.4 is 10.1 Å². The highest BCUT2D eigenvalue weighted by atomic mass is 19.1. The first-order valence-electron chi connectivity index (χ1n) is 8.90. The topological polar surface area (TPSA) is 47.0 Å². The number of hydrogen-bond donors (Lipinski definition) is 1. The Morgan fingerprint density at radius 3 is 2.64 bits per heavy atom. The Labute approximate surface area is 164 Å². The first-order valence-corrected chi connectivity index (χ1v) is 8.90. The Kier molecular flexibility index (Phi) is 5.84. The van der Waals surface area contributed by atoms with E-state index in [0.29, 0.717) is 17.4 Å². The van der Waals surface area contributed by atoms with E-state index in [1.54, 1.807) is 12.1 Å². The van der Waals surface area contributed by atoms with E-state index in [1.807, 2.05) is 50.4 Å². The average Bonchev–Trinajstić information content (AvgIpc) is 2.72. The van der Waals surface area contributed by atoms with Crippen molar-refractivity contribution in [2.24, 2.45) is 0 Å². The van der Waals surface area contributed by atoms with Gasteiger partial charge in [-0.2, -0.15) is 0 Å². The smallest absolute Gasteiger partial charge is 0.162 e. The molecule has 0 saturated carbocycles. The molecule has 0 bridgehead atoms. The van der Waals surface area contributed by atoms with E-state index >= 15 is 0 Å². The van der Waals surface area contributed by atoms with Gasteiger partial charge in [0.25, 0.3) is 0 Å². The summed E-state index contributed by atoms with van der Waals surface area (Å²) in [7, 11) is 3.33. The van der Waals surface area contributed by atoms with E-state index in [4.69, 9.17) is 4.74 Å². The minimum absolute atomic E-state index is 0.348. The van der Waals surface area contributed by atoms with Gasteiger partial charge in [-0.1, -0.05) is 36.9 Å². The maximum absolute atomic E-state index is 13.9. The Balaban J connectivity index is 2.16.